The summed E-state index contributed by atoms with van der Waals surface area (Å²) in [6, 6.07) is 16.0. The third-order valence-corrected chi connectivity index (χ3v) is 4.01. The van der Waals surface area contributed by atoms with Gasteiger partial charge in [-0.05, 0) is 64.1 Å². The van der Waals surface area contributed by atoms with Gasteiger partial charge < -0.3 is 14.5 Å². The number of rotatable bonds is 4. The second kappa shape index (κ2) is 7.76. The maximum Gasteiger partial charge on any atom is 0.412 e. The van der Waals surface area contributed by atoms with Gasteiger partial charge in [-0.25, -0.2) is 4.79 Å². The molecule has 0 aliphatic carbocycles. The van der Waals surface area contributed by atoms with Gasteiger partial charge in [-0.15, -0.1) is 0 Å². The zero-order valence-electron chi connectivity index (χ0n) is 16.4. The molecule has 3 rings (SSSR count). The zero-order valence-corrected chi connectivity index (χ0v) is 16.4. The molecule has 1 atom stereocenters. The Balaban J connectivity index is 1.61. The fraction of sp³-hybridized carbons (Fsp3) is 0.273. The van der Waals surface area contributed by atoms with Gasteiger partial charge in [-0.3, -0.25) is 10.1 Å². The van der Waals surface area contributed by atoms with Gasteiger partial charge in [0, 0.05) is 16.6 Å². The molecule has 0 bridgehead atoms. The van der Waals surface area contributed by atoms with Gasteiger partial charge >= 0.3 is 6.09 Å². The molecule has 2 N–H and O–H groups in total. The van der Waals surface area contributed by atoms with Crippen LogP contribution in [0.2, 0.25) is 0 Å². The van der Waals surface area contributed by atoms with Crippen molar-refractivity contribution in [1.82, 2.24) is 5.32 Å². The lowest BCUT2D eigenvalue weighted by atomic mass is 10.1. The third kappa shape index (κ3) is 4.91. The highest BCUT2D eigenvalue weighted by atomic mass is 16.6. The lowest BCUT2D eigenvalue weighted by molar-refractivity contribution is 0.0635. The van der Waals surface area contributed by atoms with Crippen molar-refractivity contribution < 1.29 is 18.7 Å². The minimum Gasteiger partial charge on any atom is -0.459 e. The van der Waals surface area contributed by atoms with Crippen LogP contribution in [0.4, 0.5) is 10.5 Å². The molecule has 3 aromatic rings. The Kier molecular flexibility index (Phi) is 5.40. The lowest BCUT2D eigenvalue weighted by Crippen LogP contribution is -2.27. The van der Waals surface area contributed by atoms with Crippen LogP contribution in [0.5, 0.6) is 0 Å². The molecule has 0 saturated carbocycles. The molecule has 0 radical (unpaired) electrons. The van der Waals surface area contributed by atoms with Crippen molar-refractivity contribution in [1.29, 1.82) is 0 Å². The van der Waals surface area contributed by atoms with Crippen LogP contribution in [0.1, 0.15) is 49.9 Å². The van der Waals surface area contributed by atoms with Crippen LogP contribution in [-0.2, 0) is 4.74 Å². The number of para-hydroxylation sites is 1. The first-order chi connectivity index (χ1) is 13.2. The highest BCUT2D eigenvalue weighted by Crippen LogP contribution is 2.24. The van der Waals surface area contributed by atoms with Crippen molar-refractivity contribution in [3.63, 3.8) is 0 Å². The van der Waals surface area contributed by atoms with E-state index in [0.717, 1.165) is 11.0 Å². The molecular weight excluding hydrogens is 356 g/mol. The molecule has 28 heavy (non-hydrogen) atoms. The van der Waals surface area contributed by atoms with E-state index in [1.54, 1.807) is 45.0 Å². The molecular formula is C22H24N2O4. The number of anilines is 1. The number of amides is 2. The minimum absolute atomic E-state index is 0.225. The van der Waals surface area contributed by atoms with E-state index >= 15 is 0 Å². The minimum atomic E-state index is -0.573. The summed E-state index contributed by atoms with van der Waals surface area (Å²) in [6.07, 6.45) is -0.539. The average molecular weight is 380 g/mol. The standard InChI is InChI=1S/C22H24N2O4/c1-14(19-13-16-7-5-6-8-18(16)27-19)23-20(25)15-9-11-17(12-10-15)24-21(26)28-22(2,3)4/h5-14H,1-4H3,(H,23,25)(H,24,26). The smallest absolute Gasteiger partial charge is 0.412 e. The Labute approximate surface area is 163 Å². The molecule has 1 heterocycles. The number of hydrogen-bond donors (Lipinski definition) is 2. The van der Waals surface area contributed by atoms with Gasteiger partial charge in [0.1, 0.15) is 16.9 Å². The Morgan fingerprint density at radius 3 is 2.36 bits per heavy atom. The van der Waals surface area contributed by atoms with Crippen molar-refractivity contribution in [2.75, 3.05) is 5.32 Å². The highest BCUT2D eigenvalue weighted by Gasteiger charge is 2.17. The van der Waals surface area contributed by atoms with E-state index in [0.29, 0.717) is 17.0 Å². The van der Waals surface area contributed by atoms with Crippen LogP contribution in [0.3, 0.4) is 0 Å². The molecule has 6 heteroatoms. The molecule has 0 spiro atoms. The van der Waals surface area contributed by atoms with Crippen LogP contribution in [0.25, 0.3) is 11.0 Å². The Hall–Kier alpha value is -3.28. The molecule has 1 unspecified atom stereocenters. The SMILES string of the molecule is CC(NC(=O)c1ccc(NC(=O)OC(C)(C)C)cc1)c1cc2ccccc2o1. The third-order valence-electron chi connectivity index (χ3n) is 4.01. The van der Waals surface area contributed by atoms with E-state index in [9.17, 15) is 9.59 Å². The van der Waals surface area contributed by atoms with Crippen molar-refractivity contribution in [3.8, 4) is 0 Å². The summed E-state index contributed by atoms with van der Waals surface area (Å²) in [7, 11) is 0. The summed E-state index contributed by atoms with van der Waals surface area (Å²) in [5.41, 5.74) is 1.25. The molecule has 1 aromatic heterocycles. The van der Waals surface area contributed by atoms with Crippen molar-refractivity contribution in [3.05, 3.63) is 65.9 Å². The lowest BCUT2D eigenvalue weighted by Gasteiger charge is -2.19. The van der Waals surface area contributed by atoms with E-state index in [2.05, 4.69) is 10.6 Å². The summed E-state index contributed by atoms with van der Waals surface area (Å²) in [6.45, 7) is 7.25. The second-order valence-electron chi connectivity index (χ2n) is 7.59. The molecule has 0 saturated heterocycles. The highest BCUT2D eigenvalue weighted by molar-refractivity contribution is 5.95. The first kappa shape index (κ1) is 19.5. The molecule has 0 fully saturated rings. The predicted octanol–water partition coefficient (Wildman–Crippen LogP) is 5.27. The number of hydrogen-bond acceptors (Lipinski definition) is 4. The number of furan rings is 1. The second-order valence-corrected chi connectivity index (χ2v) is 7.59. The topological polar surface area (TPSA) is 80.6 Å². The first-order valence-corrected chi connectivity index (χ1v) is 9.11. The van der Waals surface area contributed by atoms with Gasteiger partial charge in [0.25, 0.3) is 5.91 Å². The number of ether oxygens (including phenoxy) is 1. The summed E-state index contributed by atoms with van der Waals surface area (Å²) in [5.74, 6) is 0.467. The molecule has 0 aliphatic heterocycles. The van der Waals surface area contributed by atoms with Gasteiger partial charge in [-0.1, -0.05) is 18.2 Å². The molecule has 2 aromatic carbocycles. The Morgan fingerprint density at radius 2 is 1.71 bits per heavy atom. The van der Waals surface area contributed by atoms with Crippen LogP contribution in [0.15, 0.2) is 59.0 Å². The summed E-state index contributed by atoms with van der Waals surface area (Å²) < 4.78 is 11.0. The molecule has 0 aliphatic rings. The molecule has 146 valence electrons. The number of carbonyl (C=O) groups excluding carboxylic acids is 2. The monoisotopic (exact) mass is 380 g/mol. The van der Waals surface area contributed by atoms with Crippen molar-refractivity contribution >= 4 is 28.7 Å². The molecule has 6 nitrogen and oxygen atoms in total. The van der Waals surface area contributed by atoms with Crippen molar-refractivity contribution in [2.45, 2.75) is 39.3 Å². The summed E-state index contributed by atoms with van der Waals surface area (Å²) in [5, 5.41) is 6.55. The number of nitrogens with one attached hydrogen (secondary N) is 2. The zero-order chi connectivity index (χ0) is 20.3. The summed E-state index contributed by atoms with van der Waals surface area (Å²) in [4.78, 5) is 24.3. The van der Waals surface area contributed by atoms with E-state index in [4.69, 9.17) is 9.15 Å². The van der Waals surface area contributed by atoms with Gasteiger partial charge in [0.2, 0.25) is 0 Å². The van der Waals surface area contributed by atoms with Crippen LogP contribution < -0.4 is 10.6 Å². The molecule has 2 amide bonds. The quantitative estimate of drug-likeness (QED) is 0.646. The normalized spacial score (nSPS) is 12.4. The number of benzene rings is 2. The van der Waals surface area contributed by atoms with E-state index in [1.165, 1.54) is 0 Å². The van der Waals surface area contributed by atoms with E-state index in [1.807, 2.05) is 37.3 Å². The van der Waals surface area contributed by atoms with Crippen LogP contribution >= 0.6 is 0 Å². The van der Waals surface area contributed by atoms with E-state index in [-0.39, 0.29) is 11.9 Å². The summed E-state index contributed by atoms with van der Waals surface area (Å²) >= 11 is 0. The largest absolute Gasteiger partial charge is 0.459 e. The fourth-order valence-corrected chi connectivity index (χ4v) is 2.69. The maximum atomic E-state index is 12.5. The predicted molar refractivity (Wildman–Crippen MR) is 108 cm³/mol. The Morgan fingerprint density at radius 1 is 1.04 bits per heavy atom. The average Bonchev–Trinajstić information content (AvgIpc) is 3.05. The van der Waals surface area contributed by atoms with E-state index < -0.39 is 11.7 Å². The van der Waals surface area contributed by atoms with Gasteiger partial charge in [-0.2, -0.15) is 0 Å². The van der Waals surface area contributed by atoms with Gasteiger partial charge in [0.15, 0.2) is 0 Å². The first-order valence-electron chi connectivity index (χ1n) is 9.11. The fourth-order valence-electron chi connectivity index (χ4n) is 2.69. The van der Waals surface area contributed by atoms with Crippen molar-refractivity contribution in [2.24, 2.45) is 0 Å². The number of fused-ring (bicyclic) bond motifs is 1. The van der Waals surface area contributed by atoms with Crippen LogP contribution in [0, 0.1) is 0 Å². The van der Waals surface area contributed by atoms with Gasteiger partial charge in [0.05, 0.1) is 6.04 Å². The van der Waals surface area contributed by atoms with Crippen LogP contribution in [-0.4, -0.2) is 17.6 Å². The number of carbonyl (C=O) groups is 2. The maximum absolute atomic E-state index is 12.5. The Bertz CT molecular complexity index is 951.